The minimum Gasteiger partial charge on any atom is -0.511 e. The lowest BCUT2D eigenvalue weighted by molar-refractivity contribution is -0.161. The van der Waals surface area contributed by atoms with Crippen LogP contribution in [0, 0.1) is 38.5 Å². The highest BCUT2D eigenvalue weighted by Gasteiger charge is 2.38. The highest BCUT2D eigenvalue weighted by atomic mass is 19.4. The maximum Gasteiger partial charge on any atom is 0.422 e. The molecule has 0 bridgehead atoms. The van der Waals surface area contributed by atoms with Crippen molar-refractivity contribution in [3.8, 4) is 11.5 Å². The van der Waals surface area contributed by atoms with Gasteiger partial charge in [-0.25, -0.2) is 4.79 Å². The molecule has 0 amide bonds. The van der Waals surface area contributed by atoms with Crippen molar-refractivity contribution >= 4 is 23.5 Å². The first-order valence-electron chi connectivity index (χ1n) is 15.8. The number of rotatable bonds is 11. The summed E-state index contributed by atoms with van der Waals surface area (Å²) < 4.78 is 98.3. The number of alkyl halides is 6. The van der Waals surface area contributed by atoms with Crippen LogP contribution in [-0.2, 0) is 35.0 Å². The summed E-state index contributed by atoms with van der Waals surface area (Å²) in [6.45, 7) is 12.4. The number of carbonyl (C=O) groups excluding carboxylic acids is 3. The second-order valence-corrected chi connectivity index (χ2v) is 13.4. The molecule has 3 rings (SSSR count). The molecule has 0 unspecified atom stereocenters. The quantitative estimate of drug-likeness (QED) is 0.139. The van der Waals surface area contributed by atoms with E-state index in [1.54, 1.807) is 62.3 Å². The highest BCUT2D eigenvalue weighted by Crippen LogP contribution is 2.39. The maximum atomic E-state index is 12.3. The van der Waals surface area contributed by atoms with Gasteiger partial charge in [-0.15, -0.1) is 0 Å². The van der Waals surface area contributed by atoms with Crippen molar-refractivity contribution in [2.24, 2.45) is 10.8 Å². The fraction of sp³-hybridized carbons (Fsp3) is 0.528. The number of hydrogen-bond donors (Lipinski definition) is 1. The van der Waals surface area contributed by atoms with Crippen LogP contribution in [0.15, 0.2) is 30.0 Å². The molecule has 1 N–H and O–H groups in total. The van der Waals surface area contributed by atoms with Gasteiger partial charge in [-0.3, -0.25) is 9.59 Å². The predicted molar refractivity (Wildman–Crippen MR) is 174 cm³/mol. The SMILES string of the molecule is CCOC(=O)C(C)(C)COC(=O)Cc1c(C)cc(OCC(F)(F)F)cc1C.Cc1cc(OCC(F)(F)F)cc(C)c1C1=C(O)C(C)(C)COC1=O. The zero-order valence-corrected chi connectivity index (χ0v) is 30.0. The Morgan fingerprint density at radius 3 is 1.69 bits per heavy atom. The number of cyclic esters (lactones) is 1. The lowest BCUT2D eigenvalue weighted by Gasteiger charge is -2.31. The van der Waals surface area contributed by atoms with Crippen molar-refractivity contribution in [1.82, 2.24) is 0 Å². The van der Waals surface area contributed by atoms with Gasteiger partial charge in [0.05, 0.1) is 23.9 Å². The lowest BCUT2D eigenvalue weighted by atomic mass is 9.83. The molecule has 0 fully saturated rings. The Morgan fingerprint density at radius 2 is 1.25 bits per heavy atom. The minimum absolute atomic E-state index is 0.0450. The molecule has 2 aromatic rings. The van der Waals surface area contributed by atoms with E-state index < -0.39 is 54.3 Å². The van der Waals surface area contributed by atoms with Gasteiger partial charge in [0.25, 0.3) is 0 Å². The average Bonchev–Trinajstić information content (AvgIpc) is 2.99. The molecule has 0 atom stereocenters. The summed E-state index contributed by atoms with van der Waals surface area (Å²) in [5.41, 5.74) is 1.72. The van der Waals surface area contributed by atoms with E-state index in [0.29, 0.717) is 33.4 Å². The van der Waals surface area contributed by atoms with E-state index in [-0.39, 0.29) is 49.1 Å². The number of aryl methyl sites for hydroxylation is 4. The zero-order valence-electron chi connectivity index (χ0n) is 30.0. The van der Waals surface area contributed by atoms with E-state index in [1.807, 2.05) is 0 Å². The van der Waals surface area contributed by atoms with E-state index >= 15 is 0 Å². The molecule has 1 heterocycles. The van der Waals surface area contributed by atoms with Crippen LogP contribution < -0.4 is 9.47 Å². The van der Waals surface area contributed by atoms with Gasteiger partial charge in [-0.05, 0) is 120 Å². The van der Waals surface area contributed by atoms with E-state index in [4.69, 9.17) is 23.7 Å². The number of ether oxygens (including phenoxy) is 5. The monoisotopic (exact) mass is 734 g/mol. The van der Waals surface area contributed by atoms with E-state index in [9.17, 15) is 45.8 Å². The third kappa shape index (κ3) is 12.7. The Labute approximate surface area is 292 Å². The number of halogens is 6. The number of hydrogen-bond acceptors (Lipinski definition) is 9. The van der Waals surface area contributed by atoms with E-state index in [0.717, 1.165) is 0 Å². The Bertz CT molecular complexity index is 1580. The predicted octanol–water partition coefficient (Wildman–Crippen LogP) is 8.02. The van der Waals surface area contributed by atoms with Crippen LogP contribution in [0.3, 0.4) is 0 Å². The Hall–Kier alpha value is -4.43. The van der Waals surface area contributed by atoms with Gasteiger partial charge in [0.2, 0.25) is 0 Å². The number of aliphatic hydroxyl groups excluding tert-OH is 1. The van der Waals surface area contributed by atoms with E-state index in [2.05, 4.69) is 0 Å². The standard InChI is InChI=1S/C19H25F3O5.C17H19F3O4/c1-6-25-17(24)18(4,5)10-27-16(23)9-15-12(2)7-14(8-13(15)3)26-11-19(20,21)22;1-9-5-11(23-8-17(18,19)20)6-10(2)12(9)13-14(21)16(3,4)7-24-15(13)22/h7-8H,6,9-11H2,1-5H3;5-6,21H,7-8H2,1-4H3. The van der Waals surface area contributed by atoms with Gasteiger partial charge in [0.1, 0.15) is 36.0 Å². The molecule has 51 heavy (non-hydrogen) atoms. The summed E-state index contributed by atoms with van der Waals surface area (Å²) in [7, 11) is 0. The second kappa shape index (κ2) is 16.7. The number of carbonyl (C=O) groups is 3. The van der Waals surface area contributed by atoms with Crippen LogP contribution in [-0.4, -0.2) is 68.4 Å². The fourth-order valence-electron chi connectivity index (χ4n) is 4.93. The average molecular weight is 735 g/mol. The molecule has 0 radical (unpaired) electrons. The molecular formula is C36H44F6O9. The third-order valence-electron chi connectivity index (χ3n) is 7.62. The van der Waals surface area contributed by atoms with Gasteiger partial charge in [-0.1, -0.05) is 0 Å². The highest BCUT2D eigenvalue weighted by molar-refractivity contribution is 6.18. The zero-order chi connectivity index (χ0) is 39.1. The first-order chi connectivity index (χ1) is 23.3. The van der Waals surface area contributed by atoms with Gasteiger partial charge >= 0.3 is 30.3 Å². The van der Waals surface area contributed by atoms with Crippen LogP contribution in [0.2, 0.25) is 0 Å². The molecule has 0 saturated heterocycles. The van der Waals surface area contributed by atoms with Crippen LogP contribution in [0.5, 0.6) is 11.5 Å². The van der Waals surface area contributed by atoms with Gasteiger partial charge < -0.3 is 28.8 Å². The van der Waals surface area contributed by atoms with Crippen molar-refractivity contribution in [2.75, 3.05) is 33.0 Å². The van der Waals surface area contributed by atoms with Crippen LogP contribution in [0.25, 0.3) is 5.57 Å². The van der Waals surface area contributed by atoms with Crippen molar-refractivity contribution in [3.05, 3.63) is 63.4 Å². The summed E-state index contributed by atoms with van der Waals surface area (Å²) in [5.74, 6) is -1.60. The van der Waals surface area contributed by atoms with Crippen molar-refractivity contribution in [1.29, 1.82) is 0 Å². The summed E-state index contributed by atoms with van der Waals surface area (Å²) in [5, 5.41) is 10.4. The maximum absolute atomic E-state index is 12.3. The normalized spacial score (nSPS) is 14.6. The molecule has 0 saturated carbocycles. The number of aliphatic hydroxyl groups is 1. The molecular weight excluding hydrogens is 690 g/mol. The Morgan fingerprint density at radius 1 is 0.804 bits per heavy atom. The molecule has 284 valence electrons. The molecule has 0 spiro atoms. The van der Waals surface area contributed by atoms with Crippen molar-refractivity contribution in [2.45, 2.75) is 81.1 Å². The molecule has 2 aromatic carbocycles. The Balaban J connectivity index is 0.000000355. The van der Waals surface area contributed by atoms with Crippen LogP contribution >= 0.6 is 0 Å². The number of benzene rings is 2. The third-order valence-corrected chi connectivity index (χ3v) is 7.62. The minimum atomic E-state index is -4.43. The largest absolute Gasteiger partial charge is 0.511 e. The topological polar surface area (TPSA) is 118 Å². The number of esters is 3. The second-order valence-electron chi connectivity index (χ2n) is 13.4. The van der Waals surface area contributed by atoms with Gasteiger partial charge in [0.15, 0.2) is 13.2 Å². The van der Waals surface area contributed by atoms with Crippen molar-refractivity contribution < 1.29 is 69.5 Å². The summed E-state index contributed by atoms with van der Waals surface area (Å²) in [6, 6.07) is 5.71. The van der Waals surface area contributed by atoms with Crippen molar-refractivity contribution in [3.63, 3.8) is 0 Å². The molecule has 9 nitrogen and oxygen atoms in total. The van der Waals surface area contributed by atoms with Gasteiger partial charge in [0, 0.05) is 0 Å². The summed E-state index contributed by atoms with van der Waals surface area (Å²) in [4.78, 5) is 36.1. The first kappa shape index (κ1) is 42.7. The fourth-order valence-corrected chi connectivity index (χ4v) is 4.93. The lowest BCUT2D eigenvalue weighted by Crippen LogP contribution is -2.33. The summed E-state index contributed by atoms with van der Waals surface area (Å²) >= 11 is 0. The smallest absolute Gasteiger partial charge is 0.422 e. The van der Waals surface area contributed by atoms with E-state index in [1.165, 1.54) is 24.3 Å². The Kier molecular flexibility index (Phi) is 14.0. The molecule has 15 heteroatoms. The molecule has 1 aliphatic rings. The van der Waals surface area contributed by atoms with Crippen LogP contribution in [0.4, 0.5) is 26.3 Å². The van der Waals surface area contributed by atoms with Gasteiger partial charge in [-0.2, -0.15) is 26.3 Å². The van der Waals surface area contributed by atoms with Crippen LogP contribution in [0.1, 0.15) is 68.0 Å². The first-order valence-corrected chi connectivity index (χ1v) is 15.8. The summed E-state index contributed by atoms with van der Waals surface area (Å²) in [6.07, 6.45) is -8.91. The molecule has 0 aromatic heterocycles. The molecule has 1 aliphatic heterocycles. The molecule has 0 aliphatic carbocycles.